The summed E-state index contributed by atoms with van der Waals surface area (Å²) in [6.07, 6.45) is 0.511. The van der Waals surface area contributed by atoms with Crippen molar-refractivity contribution in [2.24, 2.45) is 0 Å². The molecule has 2 N–H and O–H groups in total. The van der Waals surface area contributed by atoms with Crippen molar-refractivity contribution in [3.63, 3.8) is 0 Å². The molecular weight excluding hydrogens is 275 g/mol. The Morgan fingerprint density at radius 2 is 2.19 bits per heavy atom. The van der Waals surface area contributed by atoms with Gasteiger partial charge in [-0.3, -0.25) is 9.59 Å². The summed E-state index contributed by atoms with van der Waals surface area (Å²) in [5.74, 6) is -0.498. The largest absolute Gasteiger partial charge is 0.348 e. The number of hydrogen-bond acceptors (Lipinski definition) is 4. The molecule has 0 fully saturated rings. The van der Waals surface area contributed by atoms with Crippen LogP contribution in [0.25, 0.3) is 11.4 Å². The molecule has 110 valence electrons. The Labute approximate surface area is 120 Å². The van der Waals surface area contributed by atoms with Gasteiger partial charge in [0.2, 0.25) is 5.91 Å². The van der Waals surface area contributed by atoms with Gasteiger partial charge in [-0.15, -0.1) is 10.2 Å². The van der Waals surface area contributed by atoms with E-state index in [0.29, 0.717) is 12.0 Å². The number of H-pyrrole nitrogens is 1. The molecule has 21 heavy (non-hydrogen) atoms. The smallest absolute Gasteiger partial charge is 0.275 e. The van der Waals surface area contributed by atoms with Gasteiger partial charge in [0.05, 0.1) is 6.04 Å². The molecule has 0 saturated heterocycles. The number of halogens is 1. The fraction of sp³-hybridized carbons (Fsp3) is 0.286. The molecule has 1 aromatic carbocycles. The molecular formula is C14H15FN4O2. The Balaban J connectivity index is 2.37. The van der Waals surface area contributed by atoms with Crippen LogP contribution in [0.2, 0.25) is 0 Å². The van der Waals surface area contributed by atoms with Crippen LogP contribution in [-0.4, -0.2) is 21.1 Å². The first-order valence-corrected chi connectivity index (χ1v) is 6.51. The number of hydrogen-bond donors (Lipinski definition) is 2. The normalized spacial score (nSPS) is 12.0. The van der Waals surface area contributed by atoms with Crippen molar-refractivity contribution in [1.82, 2.24) is 20.5 Å². The number of carbonyl (C=O) groups is 1. The van der Waals surface area contributed by atoms with E-state index in [2.05, 4.69) is 20.5 Å². The number of nitrogens with zero attached hydrogens (tertiary/aromatic N) is 2. The van der Waals surface area contributed by atoms with Crippen molar-refractivity contribution in [1.29, 1.82) is 0 Å². The highest BCUT2D eigenvalue weighted by atomic mass is 19.1. The Bertz CT molecular complexity index is 714. The Morgan fingerprint density at radius 3 is 2.76 bits per heavy atom. The lowest BCUT2D eigenvalue weighted by Gasteiger charge is -2.13. The van der Waals surface area contributed by atoms with E-state index >= 15 is 0 Å². The summed E-state index contributed by atoms with van der Waals surface area (Å²) in [5, 5.41) is 10.4. The fourth-order valence-corrected chi connectivity index (χ4v) is 1.95. The average Bonchev–Trinajstić information content (AvgIpc) is 2.45. The van der Waals surface area contributed by atoms with Gasteiger partial charge in [-0.25, -0.2) is 4.39 Å². The van der Waals surface area contributed by atoms with Gasteiger partial charge in [-0.2, -0.15) is 0 Å². The summed E-state index contributed by atoms with van der Waals surface area (Å²) in [7, 11) is 0. The van der Waals surface area contributed by atoms with E-state index in [1.165, 1.54) is 25.1 Å². The van der Waals surface area contributed by atoms with E-state index in [1.807, 2.05) is 6.92 Å². The summed E-state index contributed by atoms with van der Waals surface area (Å²) in [6, 6.07) is 5.19. The van der Waals surface area contributed by atoms with Crippen molar-refractivity contribution >= 4 is 5.91 Å². The number of aromatic nitrogens is 3. The minimum absolute atomic E-state index is 0.132. The second kappa shape index (κ2) is 6.25. The number of benzene rings is 1. The highest BCUT2D eigenvalue weighted by Crippen LogP contribution is 2.15. The second-order valence-corrected chi connectivity index (χ2v) is 4.56. The van der Waals surface area contributed by atoms with Gasteiger partial charge in [0.1, 0.15) is 5.82 Å². The molecule has 0 aliphatic carbocycles. The van der Waals surface area contributed by atoms with Gasteiger partial charge < -0.3 is 10.3 Å². The lowest BCUT2D eigenvalue weighted by atomic mass is 10.1. The molecule has 1 unspecified atom stereocenters. The Morgan fingerprint density at radius 1 is 1.43 bits per heavy atom. The molecule has 0 saturated carbocycles. The quantitative estimate of drug-likeness (QED) is 0.894. The van der Waals surface area contributed by atoms with Crippen LogP contribution in [0.1, 0.15) is 32.0 Å². The van der Waals surface area contributed by atoms with Gasteiger partial charge in [-0.1, -0.05) is 19.1 Å². The number of nitrogens with one attached hydrogen (secondary N) is 2. The van der Waals surface area contributed by atoms with E-state index < -0.39 is 17.4 Å². The Kier molecular flexibility index (Phi) is 4.42. The van der Waals surface area contributed by atoms with Gasteiger partial charge in [0.25, 0.3) is 5.56 Å². The highest BCUT2D eigenvalue weighted by Gasteiger charge is 2.17. The molecule has 0 spiro atoms. The molecule has 1 atom stereocenters. The predicted octanol–water partition coefficient (Wildman–Crippen LogP) is 1.56. The maximum absolute atomic E-state index is 13.2. The van der Waals surface area contributed by atoms with Gasteiger partial charge >= 0.3 is 0 Å². The molecule has 2 rings (SSSR count). The number of aromatic amines is 1. The first-order valence-electron chi connectivity index (χ1n) is 6.51. The molecule has 7 heteroatoms. The van der Waals surface area contributed by atoms with Crippen LogP contribution in [0.15, 0.2) is 29.1 Å². The van der Waals surface area contributed by atoms with E-state index in [4.69, 9.17) is 0 Å². The van der Waals surface area contributed by atoms with Crippen molar-refractivity contribution < 1.29 is 9.18 Å². The molecule has 0 aliphatic heterocycles. The summed E-state index contributed by atoms with van der Waals surface area (Å²) in [5.41, 5.74) is 0.108. The molecule has 0 bridgehead atoms. The van der Waals surface area contributed by atoms with Crippen LogP contribution in [0, 0.1) is 5.82 Å². The maximum atomic E-state index is 13.2. The third kappa shape index (κ3) is 3.50. The van der Waals surface area contributed by atoms with Crippen LogP contribution < -0.4 is 10.9 Å². The molecule has 0 aliphatic rings. The van der Waals surface area contributed by atoms with E-state index in [9.17, 15) is 14.0 Å². The SMILES string of the molecule is CCC(NC(C)=O)c1nnc(-c2cccc(F)c2)[nH]c1=O. The van der Waals surface area contributed by atoms with E-state index in [-0.39, 0.29) is 17.4 Å². The maximum Gasteiger partial charge on any atom is 0.275 e. The lowest BCUT2D eigenvalue weighted by Crippen LogP contribution is -2.32. The zero-order valence-electron chi connectivity index (χ0n) is 11.7. The van der Waals surface area contributed by atoms with Crippen molar-refractivity contribution in [3.8, 4) is 11.4 Å². The van der Waals surface area contributed by atoms with E-state index in [1.54, 1.807) is 6.07 Å². The minimum atomic E-state index is -0.500. The van der Waals surface area contributed by atoms with Crippen LogP contribution in [0.3, 0.4) is 0 Å². The topological polar surface area (TPSA) is 87.7 Å². The molecule has 0 radical (unpaired) electrons. The zero-order valence-corrected chi connectivity index (χ0v) is 11.7. The monoisotopic (exact) mass is 290 g/mol. The van der Waals surface area contributed by atoms with E-state index in [0.717, 1.165) is 0 Å². The number of carbonyl (C=O) groups excluding carboxylic acids is 1. The number of amides is 1. The molecule has 1 heterocycles. The van der Waals surface area contributed by atoms with Crippen molar-refractivity contribution in [3.05, 3.63) is 46.1 Å². The first-order chi connectivity index (χ1) is 10.0. The second-order valence-electron chi connectivity index (χ2n) is 4.56. The van der Waals surface area contributed by atoms with Crippen molar-refractivity contribution in [2.75, 3.05) is 0 Å². The predicted molar refractivity (Wildman–Crippen MR) is 74.9 cm³/mol. The third-order valence-corrected chi connectivity index (χ3v) is 2.94. The fourth-order valence-electron chi connectivity index (χ4n) is 1.95. The molecule has 6 nitrogen and oxygen atoms in total. The minimum Gasteiger partial charge on any atom is -0.348 e. The lowest BCUT2D eigenvalue weighted by molar-refractivity contribution is -0.119. The summed E-state index contributed by atoms with van der Waals surface area (Å²) < 4.78 is 13.2. The van der Waals surface area contributed by atoms with Gasteiger partial charge in [-0.05, 0) is 18.6 Å². The zero-order chi connectivity index (χ0) is 15.4. The highest BCUT2D eigenvalue weighted by molar-refractivity contribution is 5.73. The van der Waals surface area contributed by atoms with Gasteiger partial charge in [0.15, 0.2) is 11.5 Å². The summed E-state index contributed by atoms with van der Waals surface area (Å²) in [4.78, 5) is 25.7. The number of rotatable bonds is 4. The molecule has 2 aromatic rings. The van der Waals surface area contributed by atoms with Crippen molar-refractivity contribution in [2.45, 2.75) is 26.3 Å². The van der Waals surface area contributed by atoms with Crippen LogP contribution in [0.5, 0.6) is 0 Å². The van der Waals surface area contributed by atoms with Gasteiger partial charge in [0, 0.05) is 12.5 Å². The first kappa shape index (κ1) is 14.8. The molecule has 1 amide bonds. The Hall–Kier alpha value is -2.57. The van der Waals surface area contributed by atoms with Crippen LogP contribution in [-0.2, 0) is 4.79 Å². The standard InChI is InChI=1S/C14H15FN4O2/c1-3-11(16-8(2)20)12-14(21)17-13(19-18-12)9-5-4-6-10(15)7-9/h4-7,11H,3H2,1-2H3,(H,16,20)(H,17,19,21). The summed E-state index contributed by atoms with van der Waals surface area (Å²) in [6.45, 7) is 3.19. The van der Waals surface area contributed by atoms with Crippen LogP contribution >= 0.6 is 0 Å². The average molecular weight is 290 g/mol. The molecule has 1 aromatic heterocycles. The summed E-state index contributed by atoms with van der Waals surface area (Å²) >= 11 is 0. The third-order valence-electron chi connectivity index (χ3n) is 2.94. The van der Waals surface area contributed by atoms with Crippen LogP contribution in [0.4, 0.5) is 4.39 Å².